The van der Waals surface area contributed by atoms with Gasteiger partial charge >= 0.3 is 6.09 Å². The molecule has 0 aliphatic heterocycles. The van der Waals surface area contributed by atoms with E-state index in [1.165, 1.54) is 6.08 Å². The number of amides is 1. The SMILES string of the molecule is CS(=O)(=O)/C(=C\c1ccccc1)COOC(N)=O. The maximum atomic E-state index is 11.5. The Kier molecular flexibility index (Phi) is 4.87. The minimum absolute atomic E-state index is 0.0186. The van der Waals surface area contributed by atoms with Crippen LogP contribution in [0.3, 0.4) is 0 Å². The Morgan fingerprint density at radius 2 is 1.94 bits per heavy atom. The van der Waals surface area contributed by atoms with Crippen LogP contribution in [0.5, 0.6) is 0 Å². The second-order valence-electron chi connectivity index (χ2n) is 3.46. The first kappa shape index (κ1) is 14.2. The molecule has 0 bridgehead atoms. The molecule has 98 valence electrons. The first-order chi connectivity index (χ1) is 8.39. The standard InChI is InChI=1S/C11H13NO5S/c1-18(14,15)10(8-16-17-11(12)13)7-9-5-3-2-4-6-9/h2-7H,8H2,1H3,(H2,12,13)/b10-7-. The van der Waals surface area contributed by atoms with E-state index < -0.39 is 22.5 Å². The average molecular weight is 271 g/mol. The maximum absolute atomic E-state index is 11.5. The van der Waals surface area contributed by atoms with E-state index in [2.05, 4.69) is 15.5 Å². The van der Waals surface area contributed by atoms with Crippen molar-refractivity contribution in [3.8, 4) is 0 Å². The molecule has 0 aromatic heterocycles. The van der Waals surface area contributed by atoms with Crippen molar-refractivity contribution in [3.63, 3.8) is 0 Å². The van der Waals surface area contributed by atoms with Gasteiger partial charge in [-0.2, -0.15) is 4.89 Å². The Morgan fingerprint density at radius 1 is 1.33 bits per heavy atom. The molecule has 0 atom stereocenters. The van der Waals surface area contributed by atoms with Crippen LogP contribution in [0.15, 0.2) is 35.2 Å². The summed E-state index contributed by atoms with van der Waals surface area (Å²) in [6, 6.07) is 8.82. The molecule has 0 unspecified atom stereocenters. The Hall–Kier alpha value is -1.86. The van der Waals surface area contributed by atoms with Crippen LogP contribution in [-0.2, 0) is 19.6 Å². The molecule has 1 rings (SSSR count). The molecule has 18 heavy (non-hydrogen) atoms. The summed E-state index contributed by atoms with van der Waals surface area (Å²) >= 11 is 0. The lowest BCUT2D eigenvalue weighted by molar-refractivity contribution is -0.226. The van der Waals surface area contributed by atoms with Gasteiger partial charge in [0.05, 0.1) is 4.91 Å². The summed E-state index contributed by atoms with van der Waals surface area (Å²) in [7, 11) is -3.46. The zero-order valence-corrected chi connectivity index (χ0v) is 10.5. The van der Waals surface area contributed by atoms with Crippen LogP contribution in [0.4, 0.5) is 4.79 Å². The summed E-state index contributed by atoms with van der Waals surface area (Å²) in [4.78, 5) is 18.7. The molecule has 0 aliphatic carbocycles. The fraction of sp³-hybridized carbons (Fsp3) is 0.182. The van der Waals surface area contributed by atoms with Crippen molar-refractivity contribution in [1.29, 1.82) is 0 Å². The van der Waals surface area contributed by atoms with Gasteiger partial charge in [0.1, 0.15) is 6.61 Å². The van der Waals surface area contributed by atoms with Gasteiger partial charge in [0.2, 0.25) is 0 Å². The molecular formula is C11H13NO5S. The summed E-state index contributed by atoms with van der Waals surface area (Å²) < 4.78 is 23.0. The summed E-state index contributed by atoms with van der Waals surface area (Å²) in [5, 5.41) is 0. The smallest absolute Gasteiger partial charge is 0.333 e. The number of nitrogens with two attached hydrogens (primary N) is 1. The fourth-order valence-corrected chi connectivity index (χ4v) is 1.75. The van der Waals surface area contributed by atoms with Gasteiger partial charge in [-0.05, 0) is 11.6 Å². The monoisotopic (exact) mass is 271 g/mol. The lowest BCUT2D eigenvalue weighted by atomic mass is 10.2. The van der Waals surface area contributed by atoms with E-state index in [-0.39, 0.29) is 4.91 Å². The molecule has 7 heteroatoms. The Labute approximate surface area is 105 Å². The van der Waals surface area contributed by atoms with Gasteiger partial charge in [-0.3, -0.25) is 4.89 Å². The van der Waals surface area contributed by atoms with Crippen molar-refractivity contribution in [2.75, 3.05) is 12.9 Å². The third-order valence-corrected chi connectivity index (χ3v) is 3.13. The average Bonchev–Trinajstić information content (AvgIpc) is 2.27. The molecule has 0 spiro atoms. The highest BCUT2D eigenvalue weighted by molar-refractivity contribution is 7.94. The second kappa shape index (κ2) is 6.18. The van der Waals surface area contributed by atoms with E-state index in [9.17, 15) is 13.2 Å². The highest BCUT2D eigenvalue weighted by Crippen LogP contribution is 2.12. The topological polar surface area (TPSA) is 95.7 Å². The zero-order chi connectivity index (χ0) is 13.6. The van der Waals surface area contributed by atoms with Crippen LogP contribution in [0.25, 0.3) is 6.08 Å². The van der Waals surface area contributed by atoms with E-state index >= 15 is 0 Å². The Morgan fingerprint density at radius 3 is 2.44 bits per heavy atom. The first-order valence-electron chi connectivity index (χ1n) is 4.94. The minimum atomic E-state index is -3.46. The third kappa shape index (κ3) is 4.98. The number of primary amides is 1. The number of benzene rings is 1. The predicted octanol–water partition coefficient (Wildman–Crippen LogP) is 1.10. The van der Waals surface area contributed by atoms with Gasteiger partial charge in [-0.25, -0.2) is 13.2 Å². The van der Waals surface area contributed by atoms with Crippen molar-refractivity contribution in [2.24, 2.45) is 5.73 Å². The van der Waals surface area contributed by atoms with Crippen molar-refractivity contribution >= 4 is 22.0 Å². The van der Waals surface area contributed by atoms with Crippen molar-refractivity contribution in [3.05, 3.63) is 40.8 Å². The molecule has 1 aromatic carbocycles. The number of hydrogen-bond acceptors (Lipinski definition) is 5. The number of sulfone groups is 1. The number of rotatable bonds is 5. The minimum Gasteiger partial charge on any atom is -0.333 e. The van der Waals surface area contributed by atoms with E-state index in [1.807, 2.05) is 6.07 Å². The molecule has 0 saturated carbocycles. The van der Waals surface area contributed by atoms with Crippen LogP contribution in [0.1, 0.15) is 5.56 Å². The van der Waals surface area contributed by atoms with Crippen molar-refractivity contribution in [2.45, 2.75) is 0 Å². The van der Waals surface area contributed by atoms with Gasteiger partial charge in [-0.1, -0.05) is 30.3 Å². The maximum Gasteiger partial charge on any atom is 0.436 e. The van der Waals surface area contributed by atoms with Gasteiger partial charge in [0.25, 0.3) is 0 Å². The van der Waals surface area contributed by atoms with Crippen molar-refractivity contribution in [1.82, 2.24) is 0 Å². The van der Waals surface area contributed by atoms with Gasteiger partial charge < -0.3 is 5.73 Å². The number of carbonyl (C=O) groups excluding carboxylic acids is 1. The van der Waals surface area contributed by atoms with Crippen LogP contribution in [-0.4, -0.2) is 27.4 Å². The van der Waals surface area contributed by atoms with Gasteiger partial charge in [0.15, 0.2) is 9.84 Å². The Bertz CT molecular complexity index is 536. The second-order valence-corrected chi connectivity index (χ2v) is 5.53. The largest absolute Gasteiger partial charge is 0.436 e. The summed E-state index contributed by atoms with van der Waals surface area (Å²) in [6.07, 6.45) is 1.33. The molecule has 1 aromatic rings. The molecule has 2 N–H and O–H groups in total. The molecule has 0 heterocycles. The zero-order valence-electron chi connectivity index (χ0n) is 9.70. The fourth-order valence-electron chi connectivity index (χ4n) is 1.14. The molecule has 0 saturated heterocycles. The van der Waals surface area contributed by atoms with Crippen LogP contribution in [0, 0.1) is 0 Å². The summed E-state index contributed by atoms with van der Waals surface area (Å²) in [5.41, 5.74) is 5.38. The quantitative estimate of drug-likeness (QED) is 0.639. The van der Waals surface area contributed by atoms with E-state index in [0.29, 0.717) is 5.56 Å². The normalized spacial score (nSPS) is 12.2. The first-order valence-corrected chi connectivity index (χ1v) is 6.83. The highest BCUT2D eigenvalue weighted by atomic mass is 32.2. The lowest BCUT2D eigenvalue weighted by Gasteiger charge is -2.05. The van der Waals surface area contributed by atoms with Gasteiger partial charge in [0, 0.05) is 6.26 Å². The highest BCUT2D eigenvalue weighted by Gasteiger charge is 2.13. The lowest BCUT2D eigenvalue weighted by Crippen LogP contribution is -2.16. The molecule has 0 aliphatic rings. The van der Waals surface area contributed by atoms with Crippen LogP contribution < -0.4 is 5.73 Å². The van der Waals surface area contributed by atoms with Crippen LogP contribution in [0.2, 0.25) is 0 Å². The van der Waals surface area contributed by atoms with E-state index in [1.54, 1.807) is 24.3 Å². The van der Waals surface area contributed by atoms with Crippen molar-refractivity contribution < 1.29 is 23.0 Å². The molecule has 6 nitrogen and oxygen atoms in total. The molecule has 0 fully saturated rings. The molecule has 1 amide bonds. The summed E-state index contributed by atoms with van der Waals surface area (Å²) in [5.74, 6) is 0. The number of hydrogen-bond donors (Lipinski definition) is 1. The van der Waals surface area contributed by atoms with E-state index in [4.69, 9.17) is 0 Å². The Balaban J connectivity index is 2.86. The predicted molar refractivity (Wildman–Crippen MR) is 65.9 cm³/mol. The summed E-state index contributed by atoms with van der Waals surface area (Å²) in [6.45, 7) is -0.392. The third-order valence-electron chi connectivity index (χ3n) is 1.95. The van der Waals surface area contributed by atoms with Crippen LogP contribution >= 0.6 is 0 Å². The van der Waals surface area contributed by atoms with Gasteiger partial charge in [-0.15, -0.1) is 0 Å². The van der Waals surface area contributed by atoms with E-state index in [0.717, 1.165) is 6.26 Å². The molecular weight excluding hydrogens is 258 g/mol. The molecule has 0 radical (unpaired) electrons. The number of carbonyl (C=O) groups is 1.